The van der Waals surface area contributed by atoms with Crippen LogP contribution in [0, 0.1) is 5.92 Å². The molecule has 1 fully saturated rings. The van der Waals surface area contributed by atoms with Crippen LogP contribution in [0.5, 0.6) is 0 Å². The van der Waals surface area contributed by atoms with E-state index in [4.69, 9.17) is 0 Å². The molecule has 1 N–H and O–H groups in total. The van der Waals surface area contributed by atoms with Crippen molar-refractivity contribution in [3.05, 3.63) is 0 Å². The number of aryl methyl sites for hydroxylation is 1. The van der Waals surface area contributed by atoms with E-state index in [9.17, 15) is 0 Å². The molecule has 1 heterocycles. The molecule has 1 atom stereocenters. The van der Waals surface area contributed by atoms with E-state index < -0.39 is 0 Å². The van der Waals surface area contributed by atoms with E-state index in [2.05, 4.69) is 27.8 Å². The minimum atomic E-state index is 0.495. The molecule has 0 bridgehead atoms. The monoisotopic (exact) mass is 167 g/mol. The van der Waals surface area contributed by atoms with Gasteiger partial charge in [0.1, 0.15) is 0 Å². The zero-order valence-corrected chi connectivity index (χ0v) is 7.36. The molecule has 1 aliphatic rings. The Bertz CT molecular complexity index is 265. The molecule has 12 heavy (non-hydrogen) atoms. The fraction of sp³-hybridized carbons (Fsp3) is 0.857. The number of rotatable bonds is 3. The quantitative estimate of drug-likeness (QED) is 0.709. The van der Waals surface area contributed by atoms with E-state index in [-0.39, 0.29) is 0 Å². The van der Waals surface area contributed by atoms with E-state index in [1.165, 1.54) is 12.8 Å². The summed E-state index contributed by atoms with van der Waals surface area (Å²) in [4.78, 5) is 0. The molecule has 1 aliphatic carbocycles. The fourth-order valence-corrected chi connectivity index (χ4v) is 1.27. The normalized spacial score (nSPS) is 19.2. The number of hydrogen-bond acceptors (Lipinski definition) is 4. The number of nitrogens with one attached hydrogen (secondary N) is 1. The molecule has 1 aromatic rings. The van der Waals surface area contributed by atoms with Gasteiger partial charge in [0.25, 0.3) is 0 Å². The molecule has 5 heteroatoms. The van der Waals surface area contributed by atoms with Crippen LogP contribution < -0.4 is 5.32 Å². The fourth-order valence-electron chi connectivity index (χ4n) is 1.27. The van der Waals surface area contributed by atoms with Crippen LogP contribution >= 0.6 is 0 Å². The largest absolute Gasteiger partial charge is 0.350 e. The van der Waals surface area contributed by atoms with Crippen LogP contribution in [0.25, 0.3) is 0 Å². The second kappa shape index (κ2) is 2.73. The van der Waals surface area contributed by atoms with Gasteiger partial charge in [0.2, 0.25) is 5.95 Å². The lowest BCUT2D eigenvalue weighted by molar-refractivity contribution is 0.663. The third-order valence-corrected chi connectivity index (χ3v) is 2.31. The van der Waals surface area contributed by atoms with Crippen LogP contribution in [0.4, 0.5) is 5.95 Å². The first-order valence-electron chi connectivity index (χ1n) is 4.26. The van der Waals surface area contributed by atoms with Crippen molar-refractivity contribution in [3.63, 3.8) is 0 Å². The SMILES string of the molecule is CC(Nc1nnnn1C)C1CC1. The van der Waals surface area contributed by atoms with Crippen LogP contribution in [-0.4, -0.2) is 26.2 Å². The first-order chi connectivity index (χ1) is 5.77. The summed E-state index contributed by atoms with van der Waals surface area (Å²) in [7, 11) is 1.84. The Hall–Kier alpha value is -1.13. The van der Waals surface area contributed by atoms with Gasteiger partial charge in [-0.1, -0.05) is 5.10 Å². The van der Waals surface area contributed by atoms with E-state index in [1.807, 2.05) is 7.05 Å². The summed E-state index contributed by atoms with van der Waals surface area (Å²) in [5.74, 6) is 1.58. The van der Waals surface area contributed by atoms with Gasteiger partial charge in [0.05, 0.1) is 0 Å². The Balaban J connectivity index is 1.97. The van der Waals surface area contributed by atoms with Crippen LogP contribution in [0.3, 0.4) is 0 Å². The number of hydrogen-bond donors (Lipinski definition) is 1. The molecule has 1 aromatic heterocycles. The minimum absolute atomic E-state index is 0.495. The lowest BCUT2D eigenvalue weighted by Gasteiger charge is -2.11. The van der Waals surface area contributed by atoms with Crippen molar-refractivity contribution in [1.82, 2.24) is 20.2 Å². The molecule has 0 amide bonds. The molecule has 0 aliphatic heterocycles. The lowest BCUT2D eigenvalue weighted by atomic mass is 10.2. The van der Waals surface area contributed by atoms with Gasteiger partial charge in [-0.3, -0.25) is 0 Å². The highest BCUT2D eigenvalue weighted by Crippen LogP contribution is 2.33. The standard InChI is InChI=1S/C7H13N5/c1-5(6-3-4-6)8-7-9-10-11-12(7)2/h5-6H,3-4H2,1-2H3,(H,8,9,11). The first-order valence-corrected chi connectivity index (χ1v) is 4.26. The molecule has 1 unspecified atom stereocenters. The second-order valence-corrected chi connectivity index (χ2v) is 3.40. The Morgan fingerprint density at radius 3 is 2.83 bits per heavy atom. The van der Waals surface area contributed by atoms with Gasteiger partial charge in [-0.05, 0) is 36.1 Å². The maximum Gasteiger partial charge on any atom is 0.242 e. The van der Waals surface area contributed by atoms with Gasteiger partial charge in [0.15, 0.2) is 0 Å². The average Bonchev–Trinajstić information content (AvgIpc) is 2.80. The van der Waals surface area contributed by atoms with Crippen molar-refractivity contribution >= 4 is 5.95 Å². The molecule has 0 saturated heterocycles. The molecule has 2 rings (SSSR count). The van der Waals surface area contributed by atoms with Crippen molar-refractivity contribution in [2.75, 3.05) is 5.32 Å². The predicted octanol–water partition coefficient (Wildman–Crippen LogP) is 0.420. The van der Waals surface area contributed by atoms with Crippen molar-refractivity contribution in [2.24, 2.45) is 13.0 Å². The summed E-state index contributed by atoms with van der Waals surface area (Å²) >= 11 is 0. The van der Waals surface area contributed by atoms with Gasteiger partial charge in [-0.2, -0.15) is 0 Å². The maximum absolute atomic E-state index is 3.86. The van der Waals surface area contributed by atoms with Crippen molar-refractivity contribution < 1.29 is 0 Å². The average molecular weight is 167 g/mol. The Kier molecular flexibility index (Phi) is 1.71. The lowest BCUT2D eigenvalue weighted by Crippen LogP contribution is -2.19. The highest BCUT2D eigenvalue weighted by molar-refractivity contribution is 5.23. The van der Waals surface area contributed by atoms with Gasteiger partial charge < -0.3 is 5.32 Å². The van der Waals surface area contributed by atoms with Gasteiger partial charge >= 0.3 is 0 Å². The van der Waals surface area contributed by atoms with E-state index in [0.29, 0.717) is 6.04 Å². The Morgan fingerprint density at radius 1 is 1.58 bits per heavy atom. The Labute approximate surface area is 71.1 Å². The zero-order valence-electron chi connectivity index (χ0n) is 7.36. The van der Waals surface area contributed by atoms with Gasteiger partial charge in [0, 0.05) is 13.1 Å². The van der Waals surface area contributed by atoms with Crippen LogP contribution in [0.15, 0.2) is 0 Å². The molecule has 0 aromatic carbocycles. The number of anilines is 1. The van der Waals surface area contributed by atoms with Crippen LogP contribution in [-0.2, 0) is 7.05 Å². The summed E-state index contributed by atoms with van der Waals surface area (Å²) < 4.78 is 1.65. The number of aromatic nitrogens is 4. The molecule has 5 nitrogen and oxygen atoms in total. The highest BCUT2D eigenvalue weighted by atomic mass is 15.6. The smallest absolute Gasteiger partial charge is 0.242 e. The van der Waals surface area contributed by atoms with Crippen molar-refractivity contribution in [1.29, 1.82) is 0 Å². The van der Waals surface area contributed by atoms with Crippen molar-refractivity contribution in [3.8, 4) is 0 Å². The summed E-state index contributed by atoms with van der Waals surface area (Å²) in [6.45, 7) is 2.17. The van der Waals surface area contributed by atoms with Crippen LogP contribution in [0.2, 0.25) is 0 Å². The van der Waals surface area contributed by atoms with E-state index in [1.54, 1.807) is 4.68 Å². The summed E-state index contributed by atoms with van der Waals surface area (Å²) in [5.41, 5.74) is 0. The number of tetrazole rings is 1. The molecule has 0 radical (unpaired) electrons. The summed E-state index contributed by atoms with van der Waals surface area (Å²) in [6, 6.07) is 0.495. The van der Waals surface area contributed by atoms with E-state index >= 15 is 0 Å². The summed E-state index contributed by atoms with van der Waals surface area (Å²) in [6.07, 6.45) is 2.67. The summed E-state index contributed by atoms with van der Waals surface area (Å²) in [5, 5.41) is 14.4. The van der Waals surface area contributed by atoms with E-state index in [0.717, 1.165) is 11.9 Å². The zero-order chi connectivity index (χ0) is 8.55. The van der Waals surface area contributed by atoms with Crippen molar-refractivity contribution in [2.45, 2.75) is 25.8 Å². The maximum atomic E-state index is 3.86. The number of nitrogens with zero attached hydrogens (tertiary/aromatic N) is 4. The second-order valence-electron chi connectivity index (χ2n) is 3.40. The molecule has 0 spiro atoms. The molecule has 1 saturated carbocycles. The minimum Gasteiger partial charge on any atom is -0.350 e. The topological polar surface area (TPSA) is 55.6 Å². The molecular weight excluding hydrogens is 154 g/mol. The molecule has 66 valence electrons. The Morgan fingerprint density at radius 2 is 2.33 bits per heavy atom. The third kappa shape index (κ3) is 1.39. The first kappa shape index (κ1) is 7.52. The van der Waals surface area contributed by atoms with Crippen LogP contribution in [0.1, 0.15) is 19.8 Å². The third-order valence-electron chi connectivity index (χ3n) is 2.31. The van der Waals surface area contributed by atoms with Gasteiger partial charge in [-0.25, -0.2) is 4.68 Å². The predicted molar refractivity (Wildman–Crippen MR) is 44.6 cm³/mol. The van der Waals surface area contributed by atoms with Gasteiger partial charge in [-0.15, -0.1) is 0 Å². The highest BCUT2D eigenvalue weighted by Gasteiger charge is 2.28. The molecular formula is C7H13N5.